The summed E-state index contributed by atoms with van der Waals surface area (Å²) in [5.74, 6) is 1.32. The number of methoxy groups -OCH3 is 1. The summed E-state index contributed by atoms with van der Waals surface area (Å²) in [4.78, 5) is 4.65. The third-order valence-electron chi connectivity index (χ3n) is 4.14. The van der Waals surface area contributed by atoms with E-state index in [0.29, 0.717) is 24.7 Å². The van der Waals surface area contributed by atoms with Gasteiger partial charge in [-0.1, -0.05) is 30.3 Å². The molecule has 1 aliphatic heterocycles. The summed E-state index contributed by atoms with van der Waals surface area (Å²) in [6.45, 7) is 1.56. The molecule has 2 heterocycles. The van der Waals surface area contributed by atoms with Gasteiger partial charge in [0.2, 0.25) is 5.88 Å². The van der Waals surface area contributed by atoms with Gasteiger partial charge in [-0.3, -0.25) is 0 Å². The van der Waals surface area contributed by atoms with Crippen molar-refractivity contribution in [1.82, 2.24) is 4.98 Å². The molecule has 0 amide bonds. The van der Waals surface area contributed by atoms with E-state index in [4.69, 9.17) is 18.9 Å². The molecule has 1 aliphatic rings. The Morgan fingerprint density at radius 3 is 2.72 bits per heavy atom. The van der Waals surface area contributed by atoms with Crippen molar-refractivity contribution in [3.8, 4) is 11.6 Å². The number of ether oxygens (including phenoxy) is 4. The van der Waals surface area contributed by atoms with Crippen LogP contribution in [0, 0.1) is 0 Å². The smallest absolute Gasteiger partial charge is 0.213 e. The SMILES string of the molecule is COCOc1ccc(OCC2CCCCO2)nc1Cc1ccccc1. The van der Waals surface area contributed by atoms with Crippen LogP contribution in [0.15, 0.2) is 42.5 Å². The average Bonchev–Trinajstić information content (AvgIpc) is 2.67. The fraction of sp³-hybridized carbons (Fsp3) is 0.450. The van der Waals surface area contributed by atoms with Gasteiger partial charge in [-0.2, -0.15) is 0 Å². The van der Waals surface area contributed by atoms with Crippen molar-refractivity contribution < 1.29 is 18.9 Å². The van der Waals surface area contributed by atoms with E-state index in [9.17, 15) is 0 Å². The van der Waals surface area contributed by atoms with E-state index in [1.165, 1.54) is 12.0 Å². The van der Waals surface area contributed by atoms with Gasteiger partial charge in [-0.15, -0.1) is 0 Å². The Morgan fingerprint density at radius 2 is 1.96 bits per heavy atom. The third-order valence-corrected chi connectivity index (χ3v) is 4.14. The molecule has 5 heteroatoms. The number of pyridine rings is 1. The van der Waals surface area contributed by atoms with Crippen LogP contribution in [0.4, 0.5) is 0 Å². The highest BCUT2D eigenvalue weighted by Gasteiger charge is 2.15. The Kier molecular flexibility index (Phi) is 6.65. The highest BCUT2D eigenvalue weighted by molar-refractivity contribution is 5.35. The van der Waals surface area contributed by atoms with Crippen molar-refractivity contribution in [3.63, 3.8) is 0 Å². The zero-order chi connectivity index (χ0) is 17.3. The zero-order valence-electron chi connectivity index (χ0n) is 14.6. The molecule has 0 radical (unpaired) electrons. The molecule has 0 saturated carbocycles. The lowest BCUT2D eigenvalue weighted by Crippen LogP contribution is -2.26. The number of hydrogen-bond acceptors (Lipinski definition) is 5. The van der Waals surface area contributed by atoms with Crippen molar-refractivity contribution in [2.45, 2.75) is 31.8 Å². The molecule has 0 N–H and O–H groups in total. The molecule has 1 saturated heterocycles. The molecule has 5 nitrogen and oxygen atoms in total. The van der Waals surface area contributed by atoms with Crippen LogP contribution < -0.4 is 9.47 Å². The second-order valence-electron chi connectivity index (χ2n) is 6.11. The van der Waals surface area contributed by atoms with E-state index in [1.807, 2.05) is 30.3 Å². The molecule has 1 unspecified atom stereocenters. The van der Waals surface area contributed by atoms with Crippen LogP contribution in [-0.4, -0.2) is 38.2 Å². The number of hydrogen-bond donors (Lipinski definition) is 0. The van der Waals surface area contributed by atoms with Crippen LogP contribution in [0.1, 0.15) is 30.5 Å². The maximum Gasteiger partial charge on any atom is 0.213 e. The van der Waals surface area contributed by atoms with Gasteiger partial charge in [0.15, 0.2) is 6.79 Å². The van der Waals surface area contributed by atoms with Crippen LogP contribution >= 0.6 is 0 Å². The largest absolute Gasteiger partial charge is 0.475 e. The highest BCUT2D eigenvalue weighted by Crippen LogP contribution is 2.24. The second kappa shape index (κ2) is 9.39. The van der Waals surface area contributed by atoms with E-state index in [2.05, 4.69) is 17.1 Å². The van der Waals surface area contributed by atoms with Gasteiger partial charge in [-0.25, -0.2) is 4.98 Å². The molecule has 134 valence electrons. The molecule has 25 heavy (non-hydrogen) atoms. The Morgan fingerprint density at radius 1 is 1.08 bits per heavy atom. The van der Waals surface area contributed by atoms with Crippen molar-refractivity contribution in [1.29, 1.82) is 0 Å². The summed E-state index contributed by atoms with van der Waals surface area (Å²) in [6.07, 6.45) is 4.23. The second-order valence-corrected chi connectivity index (χ2v) is 6.11. The topological polar surface area (TPSA) is 49.8 Å². The number of rotatable bonds is 8. The van der Waals surface area contributed by atoms with Crippen LogP contribution in [0.25, 0.3) is 0 Å². The molecular formula is C20H25NO4. The van der Waals surface area contributed by atoms with Gasteiger partial charge in [-0.05, 0) is 30.9 Å². The van der Waals surface area contributed by atoms with Crippen molar-refractivity contribution >= 4 is 0 Å². The van der Waals surface area contributed by atoms with Crippen LogP contribution in [0.2, 0.25) is 0 Å². The summed E-state index contributed by atoms with van der Waals surface area (Å²) in [7, 11) is 1.60. The van der Waals surface area contributed by atoms with Gasteiger partial charge in [0.1, 0.15) is 12.4 Å². The van der Waals surface area contributed by atoms with E-state index in [1.54, 1.807) is 7.11 Å². The highest BCUT2D eigenvalue weighted by atomic mass is 16.7. The minimum atomic E-state index is 0.164. The van der Waals surface area contributed by atoms with Crippen LogP contribution in [0.3, 0.4) is 0 Å². The molecule has 3 rings (SSSR count). The van der Waals surface area contributed by atoms with Gasteiger partial charge < -0.3 is 18.9 Å². The summed E-state index contributed by atoms with van der Waals surface area (Å²) in [5, 5.41) is 0. The predicted octanol–water partition coefficient (Wildman–Crippen LogP) is 3.60. The van der Waals surface area contributed by atoms with E-state index >= 15 is 0 Å². The lowest BCUT2D eigenvalue weighted by Gasteiger charge is -2.22. The molecule has 0 aliphatic carbocycles. The molecule has 2 aromatic rings. The first-order valence-electron chi connectivity index (χ1n) is 8.75. The lowest BCUT2D eigenvalue weighted by molar-refractivity contribution is -0.0120. The summed E-state index contributed by atoms with van der Waals surface area (Å²) < 4.78 is 22.2. The molecule has 1 aromatic heterocycles. The van der Waals surface area contributed by atoms with Gasteiger partial charge in [0.05, 0.1) is 11.8 Å². The van der Waals surface area contributed by atoms with E-state index < -0.39 is 0 Å². The van der Waals surface area contributed by atoms with Gasteiger partial charge >= 0.3 is 0 Å². The fourth-order valence-electron chi connectivity index (χ4n) is 2.84. The van der Waals surface area contributed by atoms with Crippen molar-refractivity contribution in [2.24, 2.45) is 0 Å². The first-order valence-corrected chi connectivity index (χ1v) is 8.75. The first-order chi connectivity index (χ1) is 12.3. The Hall–Kier alpha value is -2.11. The average molecular weight is 343 g/mol. The molecule has 0 bridgehead atoms. The Labute approximate surface area is 148 Å². The van der Waals surface area contributed by atoms with Crippen molar-refractivity contribution in [2.75, 3.05) is 27.1 Å². The van der Waals surface area contributed by atoms with Gasteiger partial charge in [0.25, 0.3) is 0 Å². The third kappa shape index (κ3) is 5.44. The summed E-state index contributed by atoms with van der Waals surface area (Å²) in [5.41, 5.74) is 2.01. The Balaban J connectivity index is 1.69. The lowest BCUT2D eigenvalue weighted by atomic mass is 10.1. The maximum atomic E-state index is 5.86. The predicted molar refractivity (Wildman–Crippen MR) is 95.1 cm³/mol. The minimum absolute atomic E-state index is 0.164. The molecule has 0 spiro atoms. The fourth-order valence-corrected chi connectivity index (χ4v) is 2.84. The molecule has 1 fully saturated rings. The normalized spacial score (nSPS) is 17.2. The van der Waals surface area contributed by atoms with Crippen LogP contribution in [-0.2, 0) is 15.9 Å². The molecule has 1 aromatic carbocycles. The zero-order valence-corrected chi connectivity index (χ0v) is 14.6. The molecular weight excluding hydrogens is 318 g/mol. The van der Waals surface area contributed by atoms with Crippen LogP contribution in [0.5, 0.6) is 11.6 Å². The van der Waals surface area contributed by atoms with Crippen molar-refractivity contribution in [3.05, 3.63) is 53.7 Å². The first kappa shape index (κ1) is 17.7. The standard InChI is InChI=1S/C20H25NO4/c1-22-15-25-19-10-11-20(24-14-17-9-5-6-12-23-17)21-18(19)13-16-7-3-2-4-8-16/h2-4,7-8,10-11,17H,5-6,9,12-15H2,1H3. The number of nitrogens with zero attached hydrogens (tertiary/aromatic N) is 1. The van der Waals surface area contributed by atoms with E-state index in [-0.39, 0.29) is 12.9 Å². The number of benzene rings is 1. The minimum Gasteiger partial charge on any atom is -0.475 e. The Bertz CT molecular complexity index is 641. The van der Waals surface area contributed by atoms with Gasteiger partial charge in [0, 0.05) is 26.2 Å². The number of aromatic nitrogens is 1. The van der Waals surface area contributed by atoms with E-state index in [0.717, 1.165) is 25.1 Å². The molecule has 1 atom stereocenters. The summed E-state index contributed by atoms with van der Waals surface area (Å²) in [6, 6.07) is 13.9. The maximum absolute atomic E-state index is 5.86. The monoisotopic (exact) mass is 343 g/mol. The quantitative estimate of drug-likeness (QED) is 0.686. The summed E-state index contributed by atoms with van der Waals surface area (Å²) >= 11 is 0.